The van der Waals surface area contributed by atoms with Gasteiger partial charge in [0.15, 0.2) is 23.0 Å². The van der Waals surface area contributed by atoms with Crippen molar-refractivity contribution in [2.24, 2.45) is 22.7 Å². The Labute approximate surface area is 215 Å². The number of aromatic hydroxyl groups is 1. The molecule has 8 heteroatoms. The number of carbonyl (C=O) groups excluding carboxylic acids is 4. The van der Waals surface area contributed by atoms with Crippen molar-refractivity contribution in [3.8, 4) is 5.75 Å². The first kappa shape index (κ1) is 26.8. The molecule has 37 heavy (non-hydrogen) atoms. The van der Waals surface area contributed by atoms with E-state index in [1.165, 1.54) is 6.92 Å². The molecule has 0 aromatic heterocycles. The predicted octanol–water partition coefficient (Wildman–Crippen LogP) is 3.95. The number of carbonyl (C=O) groups is 4. The summed E-state index contributed by atoms with van der Waals surface area (Å²) < 4.78 is 0. The molecule has 198 valence electrons. The fourth-order valence-corrected chi connectivity index (χ4v) is 7.42. The minimum atomic E-state index is -2.65. The number of benzene rings is 1. The van der Waals surface area contributed by atoms with Gasteiger partial charge in [0.1, 0.15) is 22.8 Å². The summed E-state index contributed by atoms with van der Waals surface area (Å²) in [6.45, 7) is 11.0. The van der Waals surface area contributed by atoms with Crippen molar-refractivity contribution in [1.82, 2.24) is 0 Å². The van der Waals surface area contributed by atoms with Crippen molar-refractivity contribution >= 4 is 28.9 Å². The molecule has 0 saturated heterocycles. The van der Waals surface area contributed by atoms with Gasteiger partial charge in [0.25, 0.3) is 0 Å². The van der Waals surface area contributed by atoms with Crippen LogP contribution in [0, 0.1) is 22.7 Å². The Hall–Kier alpha value is -3.26. The van der Waals surface area contributed by atoms with Gasteiger partial charge in [-0.3, -0.25) is 19.2 Å². The molecule has 0 bridgehead atoms. The number of hydrogen-bond acceptors (Lipinski definition) is 8. The number of rotatable bonds is 4. The molecule has 4 atom stereocenters. The molecule has 3 aliphatic carbocycles. The van der Waals surface area contributed by atoms with Gasteiger partial charge < -0.3 is 20.4 Å². The van der Waals surface area contributed by atoms with Crippen LogP contribution in [0.4, 0.5) is 0 Å². The average molecular weight is 511 g/mol. The first-order valence-corrected chi connectivity index (χ1v) is 12.6. The van der Waals surface area contributed by atoms with E-state index in [2.05, 4.69) is 0 Å². The summed E-state index contributed by atoms with van der Waals surface area (Å²) in [5, 5.41) is 45.8. The van der Waals surface area contributed by atoms with Gasteiger partial charge in [-0.1, -0.05) is 34.6 Å². The number of phenols is 1. The molecule has 1 unspecified atom stereocenters. The zero-order chi connectivity index (χ0) is 28.0. The predicted molar refractivity (Wildman–Crippen MR) is 135 cm³/mol. The zero-order valence-electron chi connectivity index (χ0n) is 22.3. The van der Waals surface area contributed by atoms with Crippen LogP contribution in [-0.4, -0.2) is 49.2 Å². The second-order valence-corrected chi connectivity index (χ2v) is 11.7. The minimum Gasteiger partial charge on any atom is -0.508 e. The third-order valence-corrected chi connectivity index (χ3v) is 8.84. The summed E-state index contributed by atoms with van der Waals surface area (Å²) in [5.74, 6) is -5.91. The highest BCUT2D eigenvalue weighted by atomic mass is 16.3. The number of Topliss-reactive ketones (excluding diaryl/α,β-unsaturated/α-hetero) is 4. The van der Waals surface area contributed by atoms with E-state index in [4.69, 9.17) is 0 Å². The van der Waals surface area contributed by atoms with Crippen LogP contribution in [0.5, 0.6) is 5.75 Å². The summed E-state index contributed by atoms with van der Waals surface area (Å²) >= 11 is 0. The molecule has 3 aliphatic rings. The van der Waals surface area contributed by atoms with Crippen LogP contribution < -0.4 is 0 Å². The maximum absolute atomic E-state index is 14.3. The van der Waals surface area contributed by atoms with Gasteiger partial charge in [-0.15, -0.1) is 0 Å². The quantitative estimate of drug-likeness (QED) is 0.351. The van der Waals surface area contributed by atoms with Crippen LogP contribution in [0.25, 0.3) is 5.76 Å². The van der Waals surface area contributed by atoms with Crippen molar-refractivity contribution < 1.29 is 39.6 Å². The van der Waals surface area contributed by atoms with Crippen molar-refractivity contribution in [1.29, 1.82) is 0 Å². The number of phenolic OH excluding ortho intramolecular Hbond substituents is 1. The summed E-state index contributed by atoms with van der Waals surface area (Å²) in [6, 6.07) is 1.59. The van der Waals surface area contributed by atoms with Crippen LogP contribution in [0.1, 0.15) is 81.9 Å². The molecule has 0 radical (unpaired) electrons. The first-order chi connectivity index (χ1) is 17.0. The Bertz CT molecular complexity index is 1360. The van der Waals surface area contributed by atoms with Gasteiger partial charge >= 0.3 is 0 Å². The zero-order valence-corrected chi connectivity index (χ0v) is 22.3. The lowest BCUT2D eigenvalue weighted by atomic mass is 9.43. The third-order valence-electron chi connectivity index (χ3n) is 8.84. The summed E-state index contributed by atoms with van der Waals surface area (Å²) in [5.41, 5.74) is -5.07. The average Bonchev–Trinajstić information content (AvgIpc) is 2.75. The van der Waals surface area contributed by atoms with Gasteiger partial charge in [0.05, 0.1) is 5.56 Å². The molecule has 1 aromatic rings. The van der Waals surface area contributed by atoms with Crippen molar-refractivity contribution in [3.05, 3.63) is 45.2 Å². The number of aliphatic hydroxyl groups excluding tert-OH is 2. The number of aryl methyl sites for hydroxylation is 1. The number of allylic oxidation sites excluding steroid dienone is 1. The van der Waals surface area contributed by atoms with Gasteiger partial charge in [-0.05, 0) is 56.2 Å². The molecule has 0 aliphatic heterocycles. The Kier molecular flexibility index (Phi) is 5.88. The number of fused-ring (bicyclic) bond motifs is 3. The highest BCUT2D eigenvalue weighted by molar-refractivity contribution is 6.24. The molecule has 4 N–H and O–H groups in total. The van der Waals surface area contributed by atoms with E-state index in [9.17, 15) is 39.6 Å². The molecule has 4 rings (SSSR count). The highest BCUT2D eigenvalue weighted by Gasteiger charge is 2.72. The molecule has 0 spiro atoms. The van der Waals surface area contributed by atoms with Gasteiger partial charge in [-0.2, -0.15) is 0 Å². The maximum atomic E-state index is 14.3. The van der Waals surface area contributed by atoms with Gasteiger partial charge in [0, 0.05) is 27.9 Å². The van der Waals surface area contributed by atoms with E-state index in [1.54, 1.807) is 40.7 Å². The van der Waals surface area contributed by atoms with E-state index in [-0.39, 0.29) is 35.5 Å². The van der Waals surface area contributed by atoms with E-state index in [1.807, 2.05) is 0 Å². The Morgan fingerprint density at radius 1 is 1.08 bits per heavy atom. The Balaban J connectivity index is 2.13. The largest absolute Gasteiger partial charge is 0.508 e. The van der Waals surface area contributed by atoms with Crippen LogP contribution in [-0.2, 0) is 27.2 Å². The first-order valence-electron chi connectivity index (χ1n) is 12.6. The monoisotopic (exact) mass is 510 g/mol. The molecule has 8 nitrogen and oxygen atoms in total. The molecule has 1 saturated carbocycles. The lowest BCUT2D eigenvalue weighted by molar-refractivity contribution is -0.178. The second-order valence-electron chi connectivity index (χ2n) is 11.7. The van der Waals surface area contributed by atoms with E-state index < -0.39 is 62.7 Å². The molecule has 1 fully saturated rings. The number of ketones is 4. The smallest absolute Gasteiger partial charge is 0.203 e. The van der Waals surface area contributed by atoms with Gasteiger partial charge in [-0.25, -0.2) is 0 Å². The number of aliphatic hydroxyl groups is 3. The molecule has 1 aromatic carbocycles. The highest BCUT2D eigenvalue weighted by Crippen LogP contribution is 2.65. The van der Waals surface area contributed by atoms with E-state index in [0.29, 0.717) is 23.1 Å². The Morgan fingerprint density at radius 2 is 1.68 bits per heavy atom. The van der Waals surface area contributed by atoms with Crippen molar-refractivity contribution in [2.45, 2.75) is 73.3 Å². The molecule has 0 amide bonds. The lowest BCUT2D eigenvalue weighted by Crippen LogP contribution is -2.69. The van der Waals surface area contributed by atoms with Crippen molar-refractivity contribution in [2.75, 3.05) is 0 Å². The lowest BCUT2D eigenvalue weighted by Gasteiger charge is -2.59. The normalized spacial score (nSPS) is 31.3. The van der Waals surface area contributed by atoms with Crippen LogP contribution >= 0.6 is 0 Å². The fourth-order valence-electron chi connectivity index (χ4n) is 7.42. The SMILES string of the molecule is CCc1cc(C(C)=O)c2c(c1O)C(O)=C1C(=O)[C@@]3(O)C(O)=C(C(C)=O)C(=O)C(C(C)C)[C@@]3(C)C[C@@]1(C)C2. The summed E-state index contributed by atoms with van der Waals surface area (Å²) in [7, 11) is 0. The van der Waals surface area contributed by atoms with E-state index in [0.717, 1.165) is 6.92 Å². The minimum absolute atomic E-state index is 0.0153. The second kappa shape index (κ2) is 8.12. The topological polar surface area (TPSA) is 149 Å². The van der Waals surface area contributed by atoms with Crippen LogP contribution in [0.2, 0.25) is 0 Å². The fraction of sp³-hybridized carbons (Fsp3) is 0.517. The third kappa shape index (κ3) is 3.17. The maximum Gasteiger partial charge on any atom is 0.203 e. The summed E-state index contributed by atoms with van der Waals surface area (Å²) in [4.78, 5) is 52.8. The van der Waals surface area contributed by atoms with E-state index >= 15 is 0 Å². The number of hydrogen-bond donors (Lipinski definition) is 4. The Morgan fingerprint density at radius 3 is 2.16 bits per heavy atom. The molecular weight excluding hydrogens is 476 g/mol. The standard InChI is InChI=1S/C29H34O8/c1-8-15-9-16(13(4)30)17-10-27(6)11-28(7)20(12(2)3)23(33)18(14(5)31)25(35)29(28,37)26(36)21(27)24(34)19(17)22(15)32/h9,12,20,32,34-35,37H,8,10-11H2,1-7H3/t20?,27-,28-,29+/m1/s1. The van der Waals surface area contributed by atoms with Crippen molar-refractivity contribution in [3.63, 3.8) is 0 Å². The van der Waals surface area contributed by atoms with Crippen LogP contribution in [0.3, 0.4) is 0 Å². The summed E-state index contributed by atoms with van der Waals surface area (Å²) in [6.07, 6.45) is 0.423. The van der Waals surface area contributed by atoms with Gasteiger partial charge in [0.2, 0.25) is 5.78 Å². The molecular formula is C29H34O8. The molecule has 0 heterocycles. The van der Waals surface area contributed by atoms with Crippen LogP contribution in [0.15, 0.2) is 23.0 Å².